The summed E-state index contributed by atoms with van der Waals surface area (Å²) in [6.45, 7) is 1.07. The maximum Gasteiger partial charge on any atom is 0.416 e. The van der Waals surface area contributed by atoms with E-state index < -0.39 is 34.9 Å². The van der Waals surface area contributed by atoms with Gasteiger partial charge in [-0.05, 0) is 23.3 Å². The van der Waals surface area contributed by atoms with E-state index in [4.69, 9.17) is 5.41 Å². The van der Waals surface area contributed by atoms with Gasteiger partial charge in [0.15, 0.2) is 5.41 Å². The predicted molar refractivity (Wildman–Crippen MR) is 92.9 cm³/mol. The first-order valence-electron chi connectivity index (χ1n) is 8.69. The van der Waals surface area contributed by atoms with E-state index in [2.05, 4.69) is 0 Å². The molecule has 3 rings (SSSR count). The molecule has 1 aliphatic carbocycles. The van der Waals surface area contributed by atoms with E-state index in [0.29, 0.717) is 18.7 Å². The zero-order valence-electron chi connectivity index (χ0n) is 15.0. The molecule has 0 bridgehead atoms. The molecule has 1 fully saturated rings. The molecule has 1 aromatic rings. The van der Waals surface area contributed by atoms with Crippen LogP contribution in [0.4, 0.5) is 13.2 Å². The third kappa shape index (κ3) is 2.85. The van der Waals surface area contributed by atoms with Gasteiger partial charge in [-0.2, -0.15) is 29.0 Å². The number of rotatable bonds is 1. The van der Waals surface area contributed by atoms with Crippen molar-refractivity contribution in [1.29, 1.82) is 21.2 Å². The van der Waals surface area contributed by atoms with Crippen LogP contribution in [0.5, 0.6) is 0 Å². The zero-order valence-corrected chi connectivity index (χ0v) is 15.0. The Labute approximate surface area is 160 Å². The lowest BCUT2D eigenvalue weighted by molar-refractivity contribution is -0.878. The van der Waals surface area contributed by atoms with Crippen LogP contribution in [0.25, 0.3) is 0 Å². The second-order valence-electron chi connectivity index (χ2n) is 7.28. The number of nitrogens with zero attached hydrogens (tertiary/aromatic N) is 3. The molecule has 5 nitrogen and oxygen atoms in total. The van der Waals surface area contributed by atoms with E-state index in [-0.39, 0.29) is 11.3 Å². The van der Waals surface area contributed by atoms with E-state index in [9.17, 15) is 29.0 Å². The molecule has 2 aliphatic rings. The third-order valence-corrected chi connectivity index (χ3v) is 5.65. The SMILES string of the molecule is C[NH+]1CC=C2C(C#N)C(=N)C(C#N)(C#N)[C@@H](c3cccc(C(F)(F)F)c3)[C@H]2C1. The molecule has 0 aromatic heterocycles. The molecule has 0 spiro atoms. The highest BCUT2D eigenvalue weighted by molar-refractivity contribution is 6.00. The molecule has 1 aromatic carbocycles. The zero-order chi connectivity index (χ0) is 20.7. The van der Waals surface area contributed by atoms with Gasteiger partial charge < -0.3 is 10.3 Å². The minimum atomic E-state index is -4.57. The molecule has 142 valence electrons. The fourth-order valence-corrected chi connectivity index (χ4v) is 4.34. The second-order valence-corrected chi connectivity index (χ2v) is 7.28. The normalized spacial score (nSPS) is 28.9. The van der Waals surface area contributed by atoms with E-state index in [1.165, 1.54) is 12.1 Å². The average Bonchev–Trinajstić information content (AvgIpc) is 2.67. The van der Waals surface area contributed by atoms with Crippen LogP contribution < -0.4 is 4.90 Å². The molecule has 1 aliphatic heterocycles. The smallest absolute Gasteiger partial charge is 0.334 e. The summed E-state index contributed by atoms with van der Waals surface area (Å²) in [5.74, 6) is -2.45. The topological polar surface area (TPSA) is 99.7 Å². The van der Waals surface area contributed by atoms with Crippen LogP contribution >= 0.6 is 0 Å². The number of nitriles is 3. The molecule has 2 unspecified atom stereocenters. The van der Waals surface area contributed by atoms with Gasteiger partial charge in [0.1, 0.15) is 5.92 Å². The monoisotopic (exact) mass is 384 g/mol. The van der Waals surface area contributed by atoms with Gasteiger partial charge in [0.25, 0.3) is 0 Å². The van der Waals surface area contributed by atoms with E-state index in [0.717, 1.165) is 17.0 Å². The molecule has 2 N–H and O–H groups in total. The molecule has 0 amide bonds. The molecular formula is C20H17F3N5+. The summed E-state index contributed by atoms with van der Waals surface area (Å²) in [5.41, 5.74) is -2.41. The Morgan fingerprint density at radius 2 is 1.89 bits per heavy atom. The highest BCUT2D eigenvalue weighted by atomic mass is 19.4. The van der Waals surface area contributed by atoms with Gasteiger partial charge in [0, 0.05) is 11.8 Å². The highest BCUT2D eigenvalue weighted by Crippen LogP contribution is 2.52. The number of fused-ring (bicyclic) bond motifs is 1. The molecule has 0 radical (unpaired) electrons. The second kappa shape index (κ2) is 6.78. The third-order valence-electron chi connectivity index (χ3n) is 5.65. The van der Waals surface area contributed by atoms with E-state index >= 15 is 0 Å². The van der Waals surface area contributed by atoms with Gasteiger partial charge in [-0.15, -0.1) is 0 Å². The van der Waals surface area contributed by atoms with Gasteiger partial charge in [-0.1, -0.05) is 18.2 Å². The van der Waals surface area contributed by atoms with Crippen molar-refractivity contribution in [3.05, 3.63) is 47.0 Å². The lowest BCUT2D eigenvalue weighted by Gasteiger charge is -2.46. The van der Waals surface area contributed by atoms with Crippen molar-refractivity contribution in [2.45, 2.75) is 12.1 Å². The van der Waals surface area contributed by atoms with Crippen molar-refractivity contribution < 1.29 is 18.1 Å². The van der Waals surface area contributed by atoms with Crippen LogP contribution in [0.3, 0.4) is 0 Å². The minimum Gasteiger partial charge on any atom is -0.334 e. The van der Waals surface area contributed by atoms with Crippen molar-refractivity contribution in [2.24, 2.45) is 17.3 Å². The fraction of sp³-hybridized carbons (Fsp3) is 0.400. The molecule has 4 atom stereocenters. The number of hydrogen-bond acceptors (Lipinski definition) is 4. The summed E-state index contributed by atoms with van der Waals surface area (Å²) in [6, 6.07) is 10.4. The standard InChI is InChI=1S/C20H16F3N5/c1-28-6-5-14-15(8-24)18(27)19(10-25,11-26)17(16(14)9-28)12-3-2-4-13(7-12)20(21,22)23/h2-5,7,15-17,27H,6,9H2,1H3/p+1/t15?,16-,17-/m0/s1. The lowest BCUT2D eigenvalue weighted by Crippen LogP contribution is -3.10. The minimum absolute atomic E-state index is 0.185. The Bertz CT molecular complexity index is 959. The van der Waals surface area contributed by atoms with Crippen LogP contribution in [0, 0.1) is 56.7 Å². The first kappa shape index (κ1) is 19.6. The highest BCUT2D eigenvalue weighted by Gasteiger charge is 2.58. The van der Waals surface area contributed by atoms with Crippen LogP contribution in [-0.4, -0.2) is 25.8 Å². The van der Waals surface area contributed by atoms with Crippen LogP contribution in [-0.2, 0) is 6.18 Å². The Kier molecular flexibility index (Phi) is 4.75. The molecule has 28 heavy (non-hydrogen) atoms. The lowest BCUT2D eigenvalue weighted by atomic mass is 9.54. The van der Waals surface area contributed by atoms with Gasteiger partial charge in [-0.3, -0.25) is 0 Å². The summed E-state index contributed by atoms with van der Waals surface area (Å²) in [5, 5.41) is 37.8. The maximum absolute atomic E-state index is 13.2. The Morgan fingerprint density at radius 3 is 2.46 bits per heavy atom. The largest absolute Gasteiger partial charge is 0.416 e. The number of alkyl halides is 3. The molecule has 1 saturated carbocycles. The number of halogens is 3. The van der Waals surface area contributed by atoms with Gasteiger partial charge >= 0.3 is 6.18 Å². The van der Waals surface area contributed by atoms with E-state index in [1.54, 1.807) is 0 Å². The van der Waals surface area contributed by atoms with E-state index in [1.807, 2.05) is 31.3 Å². The average molecular weight is 384 g/mol. The Balaban J connectivity index is 2.27. The van der Waals surface area contributed by atoms with Crippen molar-refractivity contribution >= 4 is 5.71 Å². The predicted octanol–water partition coefficient (Wildman–Crippen LogP) is 2.07. The van der Waals surface area contributed by atoms with Gasteiger partial charge in [0.05, 0.1) is 49.6 Å². The fourth-order valence-electron chi connectivity index (χ4n) is 4.34. The van der Waals surface area contributed by atoms with Crippen LogP contribution in [0.2, 0.25) is 0 Å². The number of benzene rings is 1. The molecule has 8 heteroatoms. The van der Waals surface area contributed by atoms with Crippen molar-refractivity contribution in [2.75, 3.05) is 20.1 Å². The van der Waals surface area contributed by atoms with Crippen molar-refractivity contribution in [1.82, 2.24) is 0 Å². The van der Waals surface area contributed by atoms with Gasteiger partial charge in [-0.25, -0.2) is 0 Å². The number of nitrogens with one attached hydrogen (secondary N) is 2. The molecular weight excluding hydrogens is 367 g/mol. The Morgan fingerprint density at radius 1 is 1.21 bits per heavy atom. The summed E-state index contributed by atoms with van der Waals surface area (Å²) >= 11 is 0. The maximum atomic E-state index is 13.2. The summed E-state index contributed by atoms with van der Waals surface area (Å²) < 4.78 is 39.7. The summed E-state index contributed by atoms with van der Waals surface area (Å²) in [6.07, 6.45) is -2.74. The summed E-state index contributed by atoms with van der Waals surface area (Å²) in [4.78, 5) is 1.06. The van der Waals surface area contributed by atoms with Crippen molar-refractivity contribution in [3.63, 3.8) is 0 Å². The van der Waals surface area contributed by atoms with Crippen LogP contribution in [0.15, 0.2) is 35.9 Å². The number of likely N-dealkylation sites (N-methyl/N-ethyl adjacent to an activating group) is 1. The quantitative estimate of drug-likeness (QED) is 0.725. The molecule has 1 heterocycles. The number of hydrogen-bond donors (Lipinski definition) is 2. The molecule has 0 saturated heterocycles. The Hall–Kier alpha value is -3.15. The van der Waals surface area contributed by atoms with Crippen molar-refractivity contribution in [3.8, 4) is 18.2 Å². The van der Waals surface area contributed by atoms with Crippen LogP contribution in [0.1, 0.15) is 17.0 Å². The van der Waals surface area contributed by atoms with Gasteiger partial charge in [0.2, 0.25) is 0 Å². The number of quaternary nitrogens is 1. The first-order valence-corrected chi connectivity index (χ1v) is 8.69. The summed E-state index contributed by atoms with van der Waals surface area (Å²) in [7, 11) is 1.90. The first-order chi connectivity index (χ1) is 13.2.